The van der Waals surface area contributed by atoms with E-state index in [1.165, 1.54) is 0 Å². The molecule has 0 radical (unpaired) electrons. The maximum Gasteiger partial charge on any atom is 0.452 e. The zero-order chi connectivity index (χ0) is 14.7. The standard InChI is InChI=1S/C14H17N3O3/c1-4-17-11-7-6-9(3)8-10(11)12(13(17)18)15-16-14(19)20-5-2/h6-8,18H,4-5H2,1-3H3. The Balaban J connectivity index is 2.54. The molecule has 1 aromatic carbocycles. The van der Waals surface area contributed by atoms with Crippen molar-refractivity contribution in [1.82, 2.24) is 4.57 Å². The molecule has 0 spiro atoms. The van der Waals surface area contributed by atoms with Crippen molar-refractivity contribution in [3.8, 4) is 5.88 Å². The summed E-state index contributed by atoms with van der Waals surface area (Å²) in [5, 5.41) is 18.3. The van der Waals surface area contributed by atoms with Crippen LogP contribution in [0.25, 0.3) is 10.9 Å². The first-order valence-corrected chi connectivity index (χ1v) is 6.48. The highest BCUT2D eigenvalue weighted by atomic mass is 16.5. The molecule has 0 bridgehead atoms. The third-order valence-corrected chi connectivity index (χ3v) is 2.98. The lowest BCUT2D eigenvalue weighted by atomic mass is 10.1. The van der Waals surface area contributed by atoms with E-state index >= 15 is 0 Å². The van der Waals surface area contributed by atoms with E-state index in [1.807, 2.05) is 32.0 Å². The number of aryl methyl sites for hydroxylation is 2. The molecule has 20 heavy (non-hydrogen) atoms. The van der Waals surface area contributed by atoms with E-state index in [1.54, 1.807) is 11.5 Å². The molecule has 6 nitrogen and oxygen atoms in total. The molecular weight excluding hydrogens is 258 g/mol. The Labute approximate surface area is 116 Å². The fourth-order valence-corrected chi connectivity index (χ4v) is 2.10. The van der Waals surface area contributed by atoms with Gasteiger partial charge in [0, 0.05) is 11.9 Å². The van der Waals surface area contributed by atoms with Gasteiger partial charge >= 0.3 is 6.09 Å². The van der Waals surface area contributed by atoms with Gasteiger partial charge in [-0.2, -0.15) is 0 Å². The Morgan fingerprint density at radius 1 is 1.40 bits per heavy atom. The lowest BCUT2D eigenvalue weighted by Crippen LogP contribution is -1.95. The topological polar surface area (TPSA) is 76.2 Å². The number of nitrogens with zero attached hydrogens (tertiary/aromatic N) is 3. The van der Waals surface area contributed by atoms with Gasteiger partial charge in [-0.05, 0) is 32.9 Å². The molecule has 0 fully saturated rings. The van der Waals surface area contributed by atoms with Crippen LogP contribution in [0.1, 0.15) is 19.4 Å². The molecule has 106 valence electrons. The Hall–Kier alpha value is -2.37. The van der Waals surface area contributed by atoms with Crippen LogP contribution in [0.4, 0.5) is 10.5 Å². The number of benzene rings is 1. The maximum atomic E-state index is 11.2. The van der Waals surface area contributed by atoms with Gasteiger partial charge in [-0.3, -0.25) is 0 Å². The number of carbonyl (C=O) groups excluding carboxylic acids is 1. The zero-order valence-electron chi connectivity index (χ0n) is 11.8. The van der Waals surface area contributed by atoms with Gasteiger partial charge in [-0.1, -0.05) is 16.7 Å². The average Bonchev–Trinajstić information content (AvgIpc) is 2.67. The highest BCUT2D eigenvalue weighted by molar-refractivity contribution is 5.95. The minimum atomic E-state index is -0.767. The Morgan fingerprint density at radius 2 is 2.15 bits per heavy atom. The van der Waals surface area contributed by atoms with Crippen molar-refractivity contribution in [3.05, 3.63) is 23.8 Å². The molecule has 1 amide bonds. The summed E-state index contributed by atoms with van der Waals surface area (Å²) < 4.78 is 6.40. The third kappa shape index (κ3) is 2.49. The first kappa shape index (κ1) is 14.0. The smallest absolute Gasteiger partial charge is 0.452 e. The van der Waals surface area contributed by atoms with Crippen LogP contribution in [0, 0.1) is 6.92 Å². The largest absolute Gasteiger partial charge is 0.493 e. The van der Waals surface area contributed by atoms with Gasteiger partial charge in [-0.25, -0.2) is 4.79 Å². The maximum absolute atomic E-state index is 11.2. The summed E-state index contributed by atoms with van der Waals surface area (Å²) in [5.74, 6) is 0.00106. The molecule has 0 aliphatic rings. The van der Waals surface area contributed by atoms with Crippen molar-refractivity contribution in [1.29, 1.82) is 0 Å². The molecule has 0 atom stereocenters. The van der Waals surface area contributed by atoms with Gasteiger partial charge in [-0.15, -0.1) is 5.11 Å². The SMILES string of the molecule is CCOC(=O)N=Nc1c(O)n(CC)c2ccc(C)cc12. The van der Waals surface area contributed by atoms with Gasteiger partial charge < -0.3 is 14.4 Å². The summed E-state index contributed by atoms with van der Waals surface area (Å²) in [6.45, 7) is 6.40. The number of hydrogen-bond acceptors (Lipinski definition) is 4. The first-order chi connectivity index (χ1) is 9.58. The second-order valence-corrected chi connectivity index (χ2v) is 4.34. The number of hydrogen-bond donors (Lipinski definition) is 1. The average molecular weight is 275 g/mol. The quantitative estimate of drug-likeness (QED) is 0.862. The van der Waals surface area contributed by atoms with Crippen LogP contribution in [0.15, 0.2) is 28.4 Å². The molecule has 0 saturated heterocycles. The fraction of sp³-hybridized carbons (Fsp3) is 0.357. The van der Waals surface area contributed by atoms with Gasteiger partial charge in [0.25, 0.3) is 0 Å². The normalized spacial score (nSPS) is 11.3. The minimum absolute atomic E-state index is 0.00106. The van der Waals surface area contributed by atoms with E-state index < -0.39 is 6.09 Å². The molecule has 0 unspecified atom stereocenters. The van der Waals surface area contributed by atoms with Crippen molar-refractivity contribution in [3.63, 3.8) is 0 Å². The summed E-state index contributed by atoms with van der Waals surface area (Å²) in [7, 11) is 0. The Bertz CT molecular complexity index is 674. The van der Waals surface area contributed by atoms with Crippen molar-refractivity contribution in [2.75, 3.05) is 6.61 Å². The number of rotatable bonds is 3. The molecule has 0 aliphatic heterocycles. The van der Waals surface area contributed by atoms with Crippen LogP contribution >= 0.6 is 0 Å². The summed E-state index contributed by atoms with van der Waals surface area (Å²) in [6.07, 6.45) is -0.767. The predicted molar refractivity (Wildman–Crippen MR) is 75.6 cm³/mol. The van der Waals surface area contributed by atoms with Crippen LogP contribution in [-0.2, 0) is 11.3 Å². The Kier molecular flexibility index (Phi) is 4.02. The Morgan fingerprint density at radius 3 is 2.80 bits per heavy atom. The highest BCUT2D eigenvalue weighted by Crippen LogP contribution is 2.39. The summed E-state index contributed by atoms with van der Waals surface area (Å²) in [4.78, 5) is 11.2. The van der Waals surface area contributed by atoms with Gasteiger partial charge in [0.1, 0.15) is 0 Å². The van der Waals surface area contributed by atoms with Crippen molar-refractivity contribution in [2.45, 2.75) is 27.3 Å². The summed E-state index contributed by atoms with van der Waals surface area (Å²) in [5.41, 5.74) is 2.19. The number of aromatic hydroxyl groups is 1. The zero-order valence-corrected chi connectivity index (χ0v) is 11.8. The predicted octanol–water partition coefficient (Wildman–Crippen LogP) is 3.92. The molecule has 1 heterocycles. The molecule has 1 N–H and O–H groups in total. The van der Waals surface area contributed by atoms with Crippen LogP contribution in [0.3, 0.4) is 0 Å². The molecule has 0 saturated carbocycles. The van der Waals surface area contributed by atoms with Gasteiger partial charge in [0.2, 0.25) is 5.88 Å². The number of amides is 1. The van der Waals surface area contributed by atoms with E-state index in [-0.39, 0.29) is 12.5 Å². The van der Waals surface area contributed by atoms with E-state index in [0.29, 0.717) is 12.2 Å². The van der Waals surface area contributed by atoms with Crippen LogP contribution < -0.4 is 0 Å². The number of azo groups is 1. The van der Waals surface area contributed by atoms with Crippen molar-refractivity contribution >= 4 is 22.7 Å². The molecule has 1 aromatic heterocycles. The lowest BCUT2D eigenvalue weighted by molar-refractivity contribution is 0.162. The summed E-state index contributed by atoms with van der Waals surface area (Å²) >= 11 is 0. The van der Waals surface area contributed by atoms with E-state index in [9.17, 15) is 9.90 Å². The molecule has 6 heteroatoms. The van der Waals surface area contributed by atoms with E-state index in [2.05, 4.69) is 15.0 Å². The van der Waals surface area contributed by atoms with Crippen LogP contribution in [-0.4, -0.2) is 22.4 Å². The molecule has 0 aliphatic carbocycles. The van der Waals surface area contributed by atoms with Crippen LogP contribution in [0.2, 0.25) is 0 Å². The van der Waals surface area contributed by atoms with Gasteiger partial charge in [0.15, 0.2) is 5.69 Å². The first-order valence-electron chi connectivity index (χ1n) is 6.48. The fourth-order valence-electron chi connectivity index (χ4n) is 2.10. The molecule has 2 aromatic rings. The number of aromatic nitrogens is 1. The lowest BCUT2D eigenvalue weighted by Gasteiger charge is -2.01. The number of fused-ring (bicyclic) bond motifs is 1. The van der Waals surface area contributed by atoms with Crippen molar-refractivity contribution in [2.24, 2.45) is 10.2 Å². The molecular formula is C14H17N3O3. The second kappa shape index (κ2) is 5.73. The third-order valence-electron chi connectivity index (χ3n) is 2.98. The van der Waals surface area contributed by atoms with Gasteiger partial charge in [0.05, 0.1) is 12.1 Å². The number of ether oxygens (including phenoxy) is 1. The van der Waals surface area contributed by atoms with Crippen molar-refractivity contribution < 1.29 is 14.6 Å². The van der Waals surface area contributed by atoms with E-state index in [4.69, 9.17) is 0 Å². The number of carbonyl (C=O) groups is 1. The monoisotopic (exact) mass is 275 g/mol. The minimum Gasteiger partial charge on any atom is -0.493 e. The molecule has 2 rings (SSSR count). The van der Waals surface area contributed by atoms with E-state index in [0.717, 1.165) is 16.5 Å². The van der Waals surface area contributed by atoms with Crippen LogP contribution in [0.5, 0.6) is 5.88 Å². The summed E-state index contributed by atoms with van der Waals surface area (Å²) in [6, 6.07) is 5.78. The second-order valence-electron chi connectivity index (χ2n) is 4.34. The highest BCUT2D eigenvalue weighted by Gasteiger charge is 2.16.